The highest BCUT2D eigenvalue weighted by Gasteiger charge is 2.29. The maximum absolute atomic E-state index is 14.5. The first-order valence-corrected chi connectivity index (χ1v) is 12.0. The second-order valence-corrected chi connectivity index (χ2v) is 10.2. The Morgan fingerprint density at radius 3 is 2.62 bits per heavy atom. The molecule has 1 aliphatic heterocycles. The van der Waals surface area contributed by atoms with Crippen molar-refractivity contribution >= 4 is 38.9 Å². The number of carbonyl (C=O) groups excluding carboxylic acids is 1. The molecule has 1 aromatic carbocycles. The van der Waals surface area contributed by atoms with Crippen molar-refractivity contribution in [3.63, 3.8) is 0 Å². The van der Waals surface area contributed by atoms with Gasteiger partial charge in [0.25, 0.3) is 10.0 Å². The Bertz CT molecular complexity index is 927. The lowest BCUT2D eigenvalue weighted by atomic mass is 10.0. The molecule has 0 aliphatic carbocycles. The van der Waals surface area contributed by atoms with E-state index in [0.717, 1.165) is 37.3 Å². The minimum atomic E-state index is -3.76. The van der Waals surface area contributed by atoms with E-state index in [4.69, 9.17) is 11.6 Å². The summed E-state index contributed by atoms with van der Waals surface area (Å²) in [7, 11) is -3.76. The minimum Gasteiger partial charge on any atom is -0.353 e. The molecule has 3 rings (SSSR count). The maximum Gasteiger partial charge on any atom is 0.250 e. The Labute approximate surface area is 179 Å². The normalized spacial score (nSPS) is 17.2. The van der Waals surface area contributed by atoms with Gasteiger partial charge in [-0.25, -0.2) is 12.8 Å². The highest BCUT2D eigenvalue weighted by molar-refractivity contribution is 7.91. The van der Waals surface area contributed by atoms with Crippen molar-refractivity contribution in [3.05, 3.63) is 52.1 Å². The molecule has 1 aliphatic rings. The van der Waals surface area contributed by atoms with Crippen LogP contribution in [0.25, 0.3) is 0 Å². The first-order valence-electron chi connectivity index (χ1n) is 9.31. The molecule has 1 amide bonds. The summed E-state index contributed by atoms with van der Waals surface area (Å²) in [4.78, 5) is 14.6. The van der Waals surface area contributed by atoms with Gasteiger partial charge in [0.05, 0.1) is 12.1 Å². The smallest absolute Gasteiger partial charge is 0.250 e. The van der Waals surface area contributed by atoms with Gasteiger partial charge in [0.15, 0.2) is 0 Å². The lowest BCUT2D eigenvalue weighted by Gasteiger charge is -2.29. The quantitative estimate of drug-likeness (QED) is 0.635. The van der Waals surface area contributed by atoms with Crippen LogP contribution in [0.15, 0.2) is 39.9 Å². The third-order valence-electron chi connectivity index (χ3n) is 4.87. The number of hydrogen-bond donors (Lipinski definition) is 2. The van der Waals surface area contributed by atoms with Gasteiger partial charge in [-0.1, -0.05) is 23.7 Å². The summed E-state index contributed by atoms with van der Waals surface area (Å²) >= 11 is 7.33. The zero-order valence-corrected chi connectivity index (χ0v) is 18.3. The number of halogens is 2. The number of carbonyl (C=O) groups is 1. The molecule has 2 heterocycles. The van der Waals surface area contributed by atoms with E-state index in [2.05, 4.69) is 14.9 Å². The Balaban J connectivity index is 1.70. The number of likely N-dealkylation sites (tertiary alicyclic amines) is 1. The molecule has 0 radical (unpaired) electrons. The molecule has 10 heteroatoms. The molecule has 158 valence electrons. The van der Waals surface area contributed by atoms with Gasteiger partial charge in [-0.15, -0.1) is 11.3 Å². The molecule has 2 N–H and O–H groups in total. The number of nitrogens with zero attached hydrogens (tertiary/aromatic N) is 1. The van der Waals surface area contributed by atoms with Crippen LogP contribution in [-0.2, 0) is 14.8 Å². The van der Waals surface area contributed by atoms with Crippen molar-refractivity contribution in [2.24, 2.45) is 0 Å². The first-order chi connectivity index (χ1) is 13.8. The lowest BCUT2D eigenvalue weighted by Crippen LogP contribution is -2.47. The van der Waals surface area contributed by atoms with Gasteiger partial charge < -0.3 is 5.32 Å². The van der Waals surface area contributed by atoms with Gasteiger partial charge in [0.1, 0.15) is 10.0 Å². The molecule has 0 bridgehead atoms. The molecule has 1 aromatic heterocycles. The van der Waals surface area contributed by atoms with Crippen LogP contribution < -0.4 is 10.0 Å². The summed E-state index contributed by atoms with van der Waals surface area (Å²) in [5, 5.41) is 4.71. The van der Waals surface area contributed by atoms with Crippen molar-refractivity contribution in [3.8, 4) is 0 Å². The number of amides is 1. The van der Waals surface area contributed by atoms with Gasteiger partial charge in [0, 0.05) is 17.1 Å². The summed E-state index contributed by atoms with van der Waals surface area (Å²) in [6, 6.07) is 6.23. The number of thiophene rings is 1. The number of nitrogens with one attached hydrogen (secondary N) is 2. The first kappa shape index (κ1) is 22.2. The molecule has 6 nitrogen and oxygen atoms in total. The Morgan fingerprint density at radius 1 is 1.28 bits per heavy atom. The van der Waals surface area contributed by atoms with Gasteiger partial charge in [-0.3, -0.25) is 9.69 Å². The third-order valence-corrected chi connectivity index (χ3v) is 8.14. The zero-order chi connectivity index (χ0) is 21.0. The molecule has 0 saturated carbocycles. The molecule has 2 atom stereocenters. The summed E-state index contributed by atoms with van der Waals surface area (Å²) in [5.74, 6) is -0.906. The van der Waals surface area contributed by atoms with Gasteiger partial charge in [0.2, 0.25) is 5.91 Å². The SMILES string of the molecule is CC(NS(=O)(=O)c1cccs1)C(=O)NCC(c1c(F)cccc1Cl)N1CCCC1. The summed E-state index contributed by atoms with van der Waals surface area (Å²) in [5.41, 5.74) is 0.350. The topological polar surface area (TPSA) is 78.5 Å². The Hall–Kier alpha value is -1.52. The number of benzene rings is 1. The second kappa shape index (κ2) is 9.53. The fraction of sp³-hybridized carbons (Fsp3) is 0.421. The average Bonchev–Trinajstić information content (AvgIpc) is 3.37. The molecule has 2 aromatic rings. The fourth-order valence-corrected chi connectivity index (χ4v) is 5.91. The van der Waals surface area contributed by atoms with Crippen LogP contribution in [0, 0.1) is 5.82 Å². The van der Waals surface area contributed by atoms with Crippen molar-refractivity contribution in [2.75, 3.05) is 19.6 Å². The molecule has 1 saturated heterocycles. The number of sulfonamides is 1. The standard InChI is InChI=1S/C19H23ClFN3O3S2/c1-13(23-29(26,27)17-8-5-11-28-17)19(25)22-12-16(24-9-2-3-10-24)18-14(20)6-4-7-15(18)21/h4-8,11,13,16,23H,2-3,9-10,12H2,1H3,(H,22,25). The van der Waals surface area contributed by atoms with Crippen LogP contribution in [0.1, 0.15) is 31.4 Å². The van der Waals surface area contributed by atoms with Crippen molar-refractivity contribution in [2.45, 2.75) is 36.1 Å². The zero-order valence-electron chi connectivity index (χ0n) is 15.9. The molecule has 2 unspecified atom stereocenters. The van der Waals surface area contributed by atoms with Crippen molar-refractivity contribution in [1.82, 2.24) is 14.9 Å². The highest BCUT2D eigenvalue weighted by Crippen LogP contribution is 2.32. The second-order valence-electron chi connectivity index (χ2n) is 6.91. The van der Waals surface area contributed by atoms with Crippen LogP contribution in [0.3, 0.4) is 0 Å². The highest BCUT2D eigenvalue weighted by atomic mass is 35.5. The third kappa shape index (κ3) is 5.35. The van der Waals surface area contributed by atoms with Gasteiger partial charge in [-0.05, 0) is 56.4 Å². The molecular formula is C19H23ClFN3O3S2. The maximum atomic E-state index is 14.5. The van der Waals surface area contributed by atoms with E-state index in [9.17, 15) is 17.6 Å². The molecule has 0 spiro atoms. The number of hydrogen-bond acceptors (Lipinski definition) is 5. The van der Waals surface area contributed by atoms with Crippen LogP contribution in [0.2, 0.25) is 5.02 Å². The molecule has 1 fully saturated rings. The summed E-state index contributed by atoms with van der Waals surface area (Å²) < 4.78 is 41.6. The van der Waals surface area contributed by atoms with Gasteiger partial charge >= 0.3 is 0 Å². The molecule has 29 heavy (non-hydrogen) atoms. The Morgan fingerprint density at radius 2 is 2.00 bits per heavy atom. The predicted molar refractivity (Wildman–Crippen MR) is 112 cm³/mol. The molecular weight excluding hydrogens is 437 g/mol. The van der Waals surface area contributed by atoms with E-state index in [1.807, 2.05) is 0 Å². The van der Waals surface area contributed by atoms with E-state index in [0.29, 0.717) is 10.6 Å². The van der Waals surface area contributed by atoms with Crippen molar-refractivity contribution in [1.29, 1.82) is 0 Å². The van der Waals surface area contributed by atoms with E-state index >= 15 is 0 Å². The van der Waals surface area contributed by atoms with E-state index < -0.39 is 33.8 Å². The van der Waals surface area contributed by atoms with E-state index in [1.54, 1.807) is 23.6 Å². The summed E-state index contributed by atoms with van der Waals surface area (Å²) in [6.07, 6.45) is 1.99. The minimum absolute atomic E-state index is 0.130. The van der Waals surface area contributed by atoms with Crippen LogP contribution >= 0.6 is 22.9 Å². The van der Waals surface area contributed by atoms with E-state index in [1.165, 1.54) is 19.1 Å². The average molecular weight is 460 g/mol. The van der Waals surface area contributed by atoms with Crippen LogP contribution in [-0.4, -0.2) is 44.9 Å². The number of rotatable bonds is 8. The van der Waals surface area contributed by atoms with Crippen LogP contribution in [0.4, 0.5) is 4.39 Å². The van der Waals surface area contributed by atoms with Crippen molar-refractivity contribution < 1.29 is 17.6 Å². The largest absolute Gasteiger partial charge is 0.353 e. The lowest BCUT2D eigenvalue weighted by molar-refractivity contribution is -0.122. The summed E-state index contributed by atoms with van der Waals surface area (Å²) in [6.45, 7) is 3.17. The predicted octanol–water partition coefficient (Wildman–Crippen LogP) is 3.16. The monoisotopic (exact) mass is 459 g/mol. The fourth-order valence-electron chi connectivity index (χ4n) is 3.41. The van der Waals surface area contributed by atoms with E-state index in [-0.39, 0.29) is 10.8 Å². The van der Waals surface area contributed by atoms with Gasteiger partial charge in [-0.2, -0.15) is 4.72 Å². The van der Waals surface area contributed by atoms with Crippen LogP contribution in [0.5, 0.6) is 0 Å². The Kier molecular flexibility index (Phi) is 7.28.